The van der Waals surface area contributed by atoms with Crippen LogP contribution in [0.3, 0.4) is 0 Å². The maximum absolute atomic E-state index is 6.05. The van der Waals surface area contributed by atoms with Crippen LogP contribution in [0.2, 0.25) is 0 Å². The molecule has 2 N–H and O–H groups in total. The van der Waals surface area contributed by atoms with Gasteiger partial charge < -0.3 is 10.6 Å². The number of aromatic nitrogens is 1. The van der Waals surface area contributed by atoms with E-state index in [4.69, 9.17) is 5.73 Å². The van der Waals surface area contributed by atoms with Gasteiger partial charge in [0.15, 0.2) is 0 Å². The second-order valence-corrected chi connectivity index (χ2v) is 5.10. The molecule has 0 radical (unpaired) electrons. The molecule has 1 aromatic rings. The first kappa shape index (κ1) is 12.4. The highest BCUT2D eigenvalue weighted by molar-refractivity contribution is 5.51. The van der Waals surface area contributed by atoms with Gasteiger partial charge in [0.25, 0.3) is 0 Å². The number of nitrogens with zero attached hydrogens (tertiary/aromatic N) is 2. The normalized spacial score (nSPS) is 26.2. The Labute approximate surface area is 104 Å². The topological polar surface area (TPSA) is 42.2 Å². The molecular formula is C14H23N3. The number of pyridine rings is 1. The average Bonchev–Trinajstić information content (AvgIpc) is 2.70. The molecule has 1 saturated heterocycles. The lowest BCUT2D eigenvalue weighted by Gasteiger charge is -2.31. The van der Waals surface area contributed by atoms with E-state index in [0.29, 0.717) is 12.1 Å². The summed E-state index contributed by atoms with van der Waals surface area (Å²) in [7, 11) is 0. The second kappa shape index (κ2) is 5.05. The molecule has 1 fully saturated rings. The van der Waals surface area contributed by atoms with Crippen molar-refractivity contribution in [1.82, 2.24) is 4.98 Å². The van der Waals surface area contributed by atoms with Gasteiger partial charge in [0, 0.05) is 29.9 Å². The predicted molar refractivity (Wildman–Crippen MR) is 72.1 cm³/mol. The third-order valence-corrected chi connectivity index (χ3v) is 3.81. The average molecular weight is 233 g/mol. The highest BCUT2D eigenvalue weighted by Crippen LogP contribution is 2.34. The smallest absolute Gasteiger partial charge is 0.133 e. The minimum absolute atomic E-state index is 0.0454. The van der Waals surface area contributed by atoms with Gasteiger partial charge in [-0.3, -0.25) is 0 Å². The van der Waals surface area contributed by atoms with Crippen LogP contribution in [-0.2, 0) is 0 Å². The summed E-state index contributed by atoms with van der Waals surface area (Å²) in [6.45, 7) is 6.57. The van der Waals surface area contributed by atoms with Gasteiger partial charge in [-0.25, -0.2) is 4.98 Å². The first-order chi connectivity index (χ1) is 8.15. The monoisotopic (exact) mass is 233 g/mol. The van der Waals surface area contributed by atoms with Crippen molar-refractivity contribution in [3.05, 3.63) is 23.9 Å². The Bertz CT molecular complexity index is 375. The number of rotatable bonds is 3. The van der Waals surface area contributed by atoms with Crippen LogP contribution in [0.1, 0.15) is 51.6 Å². The van der Waals surface area contributed by atoms with Gasteiger partial charge in [0.2, 0.25) is 0 Å². The van der Waals surface area contributed by atoms with E-state index in [1.165, 1.54) is 24.8 Å². The molecule has 3 heteroatoms. The van der Waals surface area contributed by atoms with Crippen LogP contribution in [-0.4, -0.2) is 17.1 Å². The molecule has 94 valence electrons. The van der Waals surface area contributed by atoms with Crippen molar-refractivity contribution in [2.75, 3.05) is 4.90 Å². The molecule has 17 heavy (non-hydrogen) atoms. The SMILES string of the molecule is CCC1CCC(C)N1c1ncccc1[C@@H](C)N. The second-order valence-electron chi connectivity index (χ2n) is 5.10. The first-order valence-corrected chi connectivity index (χ1v) is 6.64. The molecule has 0 aliphatic carbocycles. The van der Waals surface area contributed by atoms with Crippen molar-refractivity contribution in [3.63, 3.8) is 0 Å². The standard InChI is InChI=1S/C14H23N3/c1-4-12-8-7-10(2)17(12)14-13(11(3)15)6-5-9-16-14/h5-6,9-12H,4,7-8,15H2,1-3H3/t10?,11-,12?/m1/s1. The zero-order valence-electron chi connectivity index (χ0n) is 11.1. The van der Waals surface area contributed by atoms with Crippen LogP contribution in [0, 0.1) is 0 Å². The Morgan fingerprint density at radius 1 is 1.53 bits per heavy atom. The summed E-state index contributed by atoms with van der Waals surface area (Å²) in [6, 6.07) is 5.32. The van der Waals surface area contributed by atoms with Crippen molar-refractivity contribution in [2.24, 2.45) is 5.73 Å². The summed E-state index contributed by atoms with van der Waals surface area (Å²) >= 11 is 0. The third-order valence-electron chi connectivity index (χ3n) is 3.81. The molecule has 0 aromatic carbocycles. The molecule has 3 nitrogen and oxygen atoms in total. The minimum Gasteiger partial charge on any atom is -0.351 e. The van der Waals surface area contributed by atoms with E-state index in [2.05, 4.69) is 29.8 Å². The maximum atomic E-state index is 6.05. The summed E-state index contributed by atoms with van der Waals surface area (Å²) in [5.74, 6) is 1.10. The highest BCUT2D eigenvalue weighted by atomic mass is 15.3. The Balaban J connectivity index is 2.38. The molecule has 3 atom stereocenters. The van der Waals surface area contributed by atoms with E-state index >= 15 is 0 Å². The molecule has 1 aromatic heterocycles. The van der Waals surface area contributed by atoms with Crippen LogP contribution >= 0.6 is 0 Å². The van der Waals surface area contributed by atoms with E-state index < -0.39 is 0 Å². The summed E-state index contributed by atoms with van der Waals surface area (Å²) < 4.78 is 0. The van der Waals surface area contributed by atoms with Gasteiger partial charge in [-0.15, -0.1) is 0 Å². The number of hydrogen-bond donors (Lipinski definition) is 1. The summed E-state index contributed by atoms with van der Waals surface area (Å²) in [5, 5.41) is 0. The molecule has 2 heterocycles. The fourth-order valence-corrected chi connectivity index (χ4v) is 2.83. The van der Waals surface area contributed by atoms with E-state index in [0.717, 1.165) is 5.82 Å². The van der Waals surface area contributed by atoms with Gasteiger partial charge in [0.05, 0.1) is 0 Å². The number of nitrogens with two attached hydrogens (primary N) is 1. The van der Waals surface area contributed by atoms with Crippen LogP contribution in [0.25, 0.3) is 0 Å². The van der Waals surface area contributed by atoms with Gasteiger partial charge >= 0.3 is 0 Å². The number of hydrogen-bond acceptors (Lipinski definition) is 3. The zero-order chi connectivity index (χ0) is 12.4. The zero-order valence-corrected chi connectivity index (χ0v) is 11.1. The van der Waals surface area contributed by atoms with Gasteiger partial charge in [-0.1, -0.05) is 13.0 Å². The molecule has 2 unspecified atom stereocenters. The Morgan fingerprint density at radius 3 is 2.94 bits per heavy atom. The van der Waals surface area contributed by atoms with Crippen LogP contribution in [0.15, 0.2) is 18.3 Å². The summed E-state index contributed by atoms with van der Waals surface area (Å²) in [4.78, 5) is 7.05. The largest absolute Gasteiger partial charge is 0.351 e. The van der Waals surface area contributed by atoms with Crippen LogP contribution < -0.4 is 10.6 Å². The highest BCUT2D eigenvalue weighted by Gasteiger charge is 2.31. The Morgan fingerprint density at radius 2 is 2.29 bits per heavy atom. The van der Waals surface area contributed by atoms with Crippen LogP contribution in [0.4, 0.5) is 5.82 Å². The van der Waals surface area contributed by atoms with Crippen LogP contribution in [0.5, 0.6) is 0 Å². The molecule has 1 aliphatic heterocycles. The van der Waals surface area contributed by atoms with E-state index in [9.17, 15) is 0 Å². The summed E-state index contributed by atoms with van der Waals surface area (Å²) in [5.41, 5.74) is 7.21. The maximum Gasteiger partial charge on any atom is 0.133 e. The van der Waals surface area contributed by atoms with Crippen molar-refractivity contribution in [1.29, 1.82) is 0 Å². The molecular weight excluding hydrogens is 210 g/mol. The predicted octanol–water partition coefficient (Wildman–Crippen LogP) is 2.87. The van der Waals surface area contributed by atoms with Gasteiger partial charge in [0.1, 0.15) is 5.82 Å². The van der Waals surface area contributed by atoms with Crippen molar-refractivity contribution >= 4 is 5.82 Å². The van der Waals surface area contributed by atoms with E-state index in [1.807, 2.05) is 19.2 Å². The van der Waals surface area contributed by atoms with Crippen molar-refractivity contribution in [3.8, 4) is 0 Å². The lowest BCUT2D eigenvalue weighted by molar-refractivity contribution is 0.614. The number of anilines is 1. The quantitative estimate of drug-likeness (QED) is 0.873. The first-order valence-electron chi connectivity index (χ1n) is 6.64. The third kappa shape index (κ3) is 2.29. The molecule has 0 saturated carbocycles. The summed E-state index contributed by atoms with van der Waals surface area (Å²) in [6.07, 6.45) is 5.58. The molecule has 2 rings (SSSR count). The van der Waals surface area contributed by atoms with E-state index in [-0.39, 0.29) is 6.04 Å². The molecule has 0 amide bonds. The lowest BCUT2D eigenvalue weighted by atomic mass is 10.1. The molecule has 0 spiro atoms. The van der Waals surface area contributed by atoms with Gasteiger partial charge in [-0.2, -0.15) is 0 Å². The van der Waals surface area contributed by atoms with Crippen molar-refractivity contribution in [2.45, 2.75) is 58.2 Å². The van der Waals surface area contributed by atoms with Gasteiger partial charge in [-0.05, 0) is 39.2 Å². The van der Waals surface area contributed by atoms with Crippen molar-refractivity contribution < 1.29 is 0 Å². The fourth-order valence-electron chi connectivity index (χ4n) is 2.83. The Hall–Kier alpha value is -1.09. The molecule has 0 bridgehead atoms. The fraction of sp³-hybridized carbons (Fsp3) is 0.643. The molecule has 1 aliphatic rings. The Kier molecular flexibility index (Phi) is 3.67. The lowest BCUT2D eigenvalue weighted by Crippen LogP contribution is -2.36. The van der Waals surface area contributed by atoms with E-state index in [1.54, 1.807) is 0 Å². The minimum atomic E-state index is 0.0454.